The molecule has 4 nitrogen and oxygen atoms in total. The summed E-state index contributed by atoms with van der Waals surface area (Å²) in [5.41, 5.74) is 1.39. The van der Waals surface area contributed by atoms with Gasteiger partial charge in [0.25, 0.3) is 0 Å². The minimum absolute atomic E-state index is 0.0665. The van der Waals surface area contributed by atoms with Crippen LogP contribution in [0.3, 0.4) is 0 Å². The monoisotopic (exact) mass is 309 g/mol. The lowest BCUT2D eigenvalue weighted by Crippen LogP contribution is -2.19. The Bertz CT molecular complexity index is 853. The second-order valence-corrected chi connectivity index (χ2v) is 5.65. The van der Waals surface area contributed by atoms with Crippen LogP contribution >= 0.6 is 0 Å². The fourth-order valence-electron chi connectivity index (χ4n) is 2.32. The van der Waals surface area contributed by atoms with Gasteiger partial charge in [-0.25, -0.2) is 0 Å². The molecule has 1 aromatic heterocycles. The number of ether oxygens (including phenoxy) is 1. The Morgan fingerprint density at radius 1 is 1.04 bits per heavy atom. The maximum Gasteiger partial charge on any atom is 0.193 e. The lowest BCUT2D eigenvalue weighted by molar-refractivity contribution is 0.261. The quantitative estimate of drug-likeness (QED) is 0.724. The third-order valence-corrected chi connectivity index (χ3v) is 3.56. The fourth-order valence-corrected chi connectivity index (χ4v) is 2.32. The molecule has 0 aliphatic carbocycles. The van der Waals surface area contributed by atoms with Gasteiger partial charge < -0.3 is 14.1 Å². The molecule has 0 aliphatic heterocycles. The molecular weight excluding hydrogens is 290 g/mol. The van der Waals surface area contributed by atoms with Gasteiger partial charge in [0.15, 0.2) is 5.43 Å². The zero-order chi connectivity index (χ0) is 16.2. The largest absolute Gasteiger partial charge is 0.492 e. The van der Waals surface area contributed by atoms with Gasteiger partial charge in [-0.05, 0) is 32.3 Å². The number of hydrogen-bond acceptors (Lipinski definition) is 4. The van der Waals surface area contributed by atoms with Crippen LogP contribution in [0.1, 0.15) is 0 Å². The van der Waals surface area contributed by atoms with Crippen LogP contribution in [0.25, 0.3) is 22.3 Å². The molecule has 0 bridgehead atoms. The number of rotatable bonds is 5. The molecule has 0 amide bonds. The van der Waals surface area contributed by atoms with Gasteiger partial charge >= 0.3 is 0 Å². The molecule has 0 saturated heterocycles. The highest BCUT2D eigenvalue weighted by atomic mass is 16.5. The minimum atomic E-state index is -0.0665. The molecule has 3 rings (SSSR count). The summed E-state index contributed by atoms with van der Waals surface area (Å²) in [5, 5.41) is 0.534. The summed E-state index contributed by atoms with van der Waals surface area (Å²) in [6.45, 7) is 1.39. The summed E-state index contributed by atoms with van der Waals surface area (Å²) in [7, 11) is 3.98. The van der Waals surface area contributed by atoms with Crippen LogP contribution in [0.15, 0.2) is 63.8 Å². The smallest absolute Gasteiger partial charge is 0.193 e. The summed E-state index contributed by atoms with van der Waals surface area (Å²) in [6, 6.07) is 16.5. The number of likely N-dealkylation sites (N-methyl/N-ethyl adjacent to an activating group) is 1. The summed E-state index contributed by atoms with van der Waals surface area (Å²) >= 11 is 0. The van der Waals surface area contributed by atoms with Gasteiger partial charge in [0.05, 0.1) is 5.39 Å². The van der Waals surface area contributed by atoms with Crippen molar-refractivity contribution < 1.29 is 9.15 Å². The lowest BCUT2D eigenvalue weighted by Gasteiger charge is -2.11. The molecule has 3 aromatic rings. The van der Waals surface area contributed by atoms with E-state index in [1.807, 2.05) is 55.4 Å². The number of fused-ring (bicyclic) bond motifs is 1. The Kier molecular flexibility index (Phi) is 4.44. The van der Waals surface area contributed by atoms with E-state index in [1.54, 1.807) is 12.1 Å². The van der Waals surface area contributed by atoms with Crippen LogP contribution in [-0.4, -0.2) is 32.1 Å². The first-order valence-electron chi connectivity index (χ1n) is 7.54. The minimum Gasteiger partial charge on any atom is -0.492 e. The van der Waals surface area contributed by atoms with Crippen LogP contribution in [0, 0.1) is 0 Å². The Morgan fingerprint density at radius 3 is 2.57 bits per heavy atom. The van der Waals surface area contributed by atoms with Crippen molar-refractivity contribution in [1.82, 2.24) is 4.90 Å². The van der Waals surface area contributed by atoms with E-state index in [1.165, 1.54) is 6.07 Å². The van der Waals surface area contributed by atoms with Crippen molar-refractivity contribution in [3.63, 3.8) is 0 Å². The molecular formula is C19H19NO3. The Balaban J connectivity index is 1.92. The maximum absolute atomic E-state index is 12.4. The third kappa shape index (κ3) is 3.60. The van der Waals surface area contributed by atoms with Crippen LogP contribution < -0.4 is 10.2 Å². The first-order chi connectivity index (χ1) is 11.1. The normalized spacial score (nSPS) is 11.1. The van der Waals surface area contributed by atoms with Crippen LogP contribution in [0.5, 0.6) is 5.75 Å². The summed E-state index contributed by atoms with van der Waals surface area (Å²) in [6.07, 6.45) is 0. The van der Waals surface area contributed by atoms with E-state index in [0.717, 1.165) is 12.1 Å². The first kappa shape index (κ1) is 15.3. The molecule has 0 spiro atoms. The highest BCUT2D eigenvalue weighted by Gasteiger charge is 2.08. The maximum atomic E-state index is 12.4. The van der Waals surface area contributed by atoms with Crippen molar-refractivity contribution in [3.05, 3.63) is 64.8 Å². The molecule has 0 aliphatic rings. The van der Waals surface area contributed by atoms with Crippen LogP contribution in [0.4, 0.5) is 0 Å². The summed E-state index contributed by atoms with van der Waals surface area (Å²) in [4.78, 5) is 14.4. The van der Waals surface area contributed by atoms with Crippen molar-refractivity contribution in [1.29, 1.82) is 0 Å². The molecule has 23 heavy (non-hydrogen) atoms. The average molecular weight is 309 g/mol. The van der Waals surface area contributed by atoms with Gasteiger partial charge in [0.2, 0.25) is 0 Å². The van der Waals surface area contributed by atoms with Crippen molar-refractivity contribution in [2.24, 2.45) is 0 Å². The molecule has 0 saturated carbocycles. The van der Waals surface area contributed by atoms with Gasteiger partial charge in [0, 0.05) is 18.2 Å². The number of nitrogens with zero attached hydrogens (tertiary/aromatic N) is 1. The van der Waals surface area contributed by atoms with Gasteiger partial charge in [-0.2, -0.15) is 0 Å². The molecule has 1 heterocycles. The van der Waals surface area contributed by atoms with E-state index in [4.69, 9.17) is 9.15 Å². The predicted molar refractivity (Wildman–Crippen MR) is 92.0 cm³/mol. The molecule has 4 heteroatoms. The van der Waals surface area contributed by atoms with Crippen molar-refractivity contribution in [2.75, 3.05) is 27.2 Å². The second kappa shape index (κ2) is 6.67. The molecule has 0 atom stereocenters. The third-order valence-electron chi connectivity index (χ3n) is 3.56. The van der Waals surface area contributed by atoms with Crippen molar-refractivity contribution in [2.45, 2.75) is 0 Å². The molecule has 2 aromatic carbocycles. The van der Waals surface area contributed by atoms with Gasteiger partial charge in [-0.15, -0.1) is 0 Å². The second-order valence-electron chi connectivity index (χ2n) is 5.65. The summed E-state index contributed by atoms with van der Waals surface area (Å²) in [5.74, 6) is 1.25. The van der Waals surface area contributed by atoms with E-state index >= 15 is 0 Å². The Hall–Kier alpha value is -2.59. The van der Waals surface area contributed by atoms with E-state index < -0.39 is 0 Å². The molecule has 0 radical (unpaired) electrons. The number of hydrogen-bond donors (Lipinski definition) is 0. The van der Waals surface area contributed by atoms with Gasteiger partial charge in [0.1, 0.15) is 23.7 Å². The molecule has 118 valence electrons. The van der Waals surface area contributed by atoms with Crippen LogP contribution in [0.2, 0.25) is 0 Å². The van der Waals surface area contributed by atoms with Crippen molar-refractivity contribution in [3.8, 4) is 17.1 Å². The summed E-state index contributed by atoms with van der Waals surface area (Å²) < 4.78 is 11.5. The van der Waals surface area contributed by atoms with E-state index in [0.29, 0.717) is 29.1 Å². The highest BCUT2D eigenvalue weighted by molar-refractivity contribution is 5.80. The zero-order valence-corrected chi connectivity index (χ0v) is 13.3. The fraction of sp³-hybridized carbons (Fsp3) is 0.211. The predicted octanol–water partition coefficient (Wildman–Crippen LogP) is 3.40. The van der Waals surface area contributed by atoms with Crippen LogP contribution in [-0.2, 0) is 0 Å². The Morgan fingerprint density at radius 2 is 1.83 bits per heavy atom. The molecule has 0 N–H and O–H groups in total. The average Bonchev–Trinajstić information content (AvgIpc) is 2.55. The Labute approximate surface area is 134 Å². The first-order valence-corrected chi connectivity index (χ1v) is 7.54. The molecule has 0 unspecified atom stereocenters. The topological polar surface area (TPSA) is 42.7 Å². The van der Waals surface area contributed by atoms with E-state index in [-0.39, 0.29) is 5.43 Å². The van der Waals surface area contributed by atoms with E-state index in [9.17, 15) is 4.79 Å². The number of benzene rings is 2. The van der Waals surface area contributed by atoms with E-state index in [2.05, 4.69) is 0 Å². The zero-order valence-electron chi connectivity index (χ0n) is 13.3. The standard InChI is InChI=1S/C19H19NO3/c1-20(2)10-11-22-15-8-9-18-16(12-15)17(21)13-19(23-18)14-6-4-3-5-7-14/h3-9,12-13H,10-11H2,1-2H3. The van der Waals surface area contributed by atoms with Crippen molar-refractivity contribution >= 4 is 11.0 Å². The lowest BCUT2D eigenvalue weighted by atomic mass is 10.1. The van der Waals surface area contributed by atoms with Gasteiger partial charge in [-0.1, -0.05) is 30.3 Å². The van der Waals surface area contributed by atoms with Gasteiger partial charge in [-0.3, -0.25) is 4.79 Å². The SMILES string of the molecule is CN(C)CCOc1ccc2oc(-c3ccccc3)cc(=O)c2c1. The highest BCUT2D eigenvalue weighted by Crippen LogP contribution is 2.24. The molecule has 0 fully saturated rings.